The molecule has 2 aliphatic carbocycles. The number of carbonyl (C=O) groups excluding carboxylic acids is 10. The highest BCUT2D eigenvalue weighted by molar-refractivity contribution is 6.31. The van der Waals surface area contributed by atoms with Gasteiger partial charge in [-0.1, -0.05) is 56.3 Å². The lowest BCUT2D eigenvalue weighted by atomic mass is 9.72. The number of amides is 7. The number of nitrogens with zero attached hydrogens (tertiary/aromatic N) is 1. The summed E-state index contributed by atoms with van der Waals surface area (Å²) in [5.41, 5.74) is 7.85. The van der Waals surface area contributed by atoms with Crippen LogP contribution in [0.15, 0.2) is 48.5 Å². The van der Waals surface area contributed by atoms with Crippen molar-refractivity contribution in [2.45, 2.75) is 171 Å². The number of aryl methyl sites for hydroxylation is 1. The molecule has 3 aromatic rings. The summed E-state index contributed by atoms with van der Waals surface area (Å²) in [5.74, 6) is -9.32. The number of fused-ring (bicyclic) bond motifs is 3. The van der Waals surface area contributed by atoms with Gasteiger partial charge in [0.2, 0.25) is 47.1 Å². The fraction of sp³-hybridized carbons (Fsp3) is 0.548. The van der Waals surface area contributed by atoms with E-state index in [1.807, 2.05) is 18.2 Å². The number of aromatic hydroxyl groups is 2. The summed E-state index contributed by atoms with van der Waals surface area (Å²) in [6, 6.07) is 6.34. The number of methoxy groups -OCH3 is 1. The Morgan fingerprint density at radius 1 is 0.798 bits per heavy atom. The highest BCUT2D eigenvalue weighted by atomic mass is 16.7. The van der Waals surface area contributed by atoms with E-state index in [1.165, 1.54) is 44.1 Å². The van der Waals surface area contributed by atoms with Gasteiger partial charge in [-0.3, -0.25) is 47.9 Å². The molecule has 0 unspecified atom stereocenters. The molecule has 7 amide bonds. The van der Waals surface area contributed by atoms with Crippen LogP contribution in [0.2, 0.25) is 0 Å². The molecule has 2 aliphatic heterocycles. The fourth-order valence-electron chi connectivity index (χ4n) is 12.0. The molecule has 0 bridgehead atoms. The second kappa shape index (κ2) is 30.5. The summed E-state index contributed by atoms with van der Waals surface area (Å²) in [6.45, 7) is 5.34. The number of Topliss-reactive ketones (excluding diaryl/α,β-unsaturated/α-hetero) is 1. The highest BCUT2D eigenvalue weighted by Gasteiger charge is 2.51. The zero-order valence-corrected chi connectivity index (χ0v) is 50.6. The maximum Gasteiger partial charge on any atom is 0.243 e. The first-order chi connectivity index (χ1) is 42.4. The maximum absolute atomic E-state index is 14.5. The van der Waals surface area contributed by atoms with E-state index in [0.717, 1.165) is 5.56 Å². The van der Waals surface area contributed by atoms with E-state index < -0.39 is 168 Å². The van der Waals surface area contributed by atoms with Crippen LogP contribution in [0.25, 0.3) is 0 Å². The molecule has 484 valence electrons. The van der Waals surface area contributed by atoms with E-state index >= 15 is 0 Å². The third kappa shape index (κ3) is 16.1. The number of rotatable bonds is 28. The lowest BCUT2D eigenvalue weighted by molar-refractivity contribution is -0.249. The average Bonchev–Trinajstić information content (AvgIpc) is 0.993. The minimum Gasteiger partial charge on any atom is -0.507 e. The van der Waals surface area contributed by atoms with Gasteiger partial charge in [-0.15, -0.1) is 0 Å². The van der Waals surface area contributed by atoms with Crippen LogP contribution in [0, 0.1) is 5.92 Å². The van der Waals surface area contributed by atoms with Crippen LogP contribution in [-0.4, -0.2) is 189 Å². The van der Waals surface area contributed by atoms with Gasteiger partial charge in [-0.2, -0.15) is 0 Å². The minimum absolute atomic E-state index is 0.00588. The molecule has 89 heavy (non-hydrogen) atoms. The fourth-order valence-corrected chi connectivity index (χ4v) is 12.0. The summed E-state index contributed by atoms with van der Waals surface area (Å²) < 4.78 is 17.8. The topological polar surface area (TPSA) is 427 Å². The van der Waals surface area contributed by atoms with Crippen molar-refractivity contribution >= 4 is 58.7 Å². The van der Waals surface area contributed by atoms with Gasteiger partial charge in [0.25, 0.3) is 0 Å². The van der Waals surface area contributed by atoms with E-state index in [4.69, 9.17) is 25.7 Å². The van der Waals surface area contributed by atoms with E-state index in [1.54, 1.807) is 26.0 Å². The number of ether oxygens (including phenoxy) is 3. The highest BCUT2D eigenvalue weighted by Crippen LogP contribution is 2.52. The number of carbonyl (C=O) groups is 10. The SMILES string of the molecule is COc1cccc2c1C(=O)c1c(O)c3c(c(O)c1C2=O)C[C@@](O)(C(=O)CO)C[C@@H]3O[C@H]1C[C@H](NC(=O)[C@H](CC(C)C)NC(=O)[C@H](CCCN)NC(=O)[C@H](CCc2ccccc2)NC(=O)CNC(=O)[C@H](CCCN)NC(=O)[C@@H]2CCCN2C(C)=O)[C@H](O)[C@H](C)O1. The first kappa shape index (κ1) is 68.6. The van der Waals surface area contributed by atoms with Crippen LogP contribution >= 0.6 is 0 Å². The molecule has 2 heterocycles. The van der Waals surface area contributed by atoms with Crippen molar-refractivity contribution in [2.75, 3.05) is 39.9 Å². The predicted molar refractivity (Wildman–Crippen MR) is 318 cm³/mol. The number of ketones is 3. The Balaban J connectivity index is 1.06. The first-order valence-corrected chi connectivity index (χ1v) is 30.1. The Morgan fingerprint density at radius 3 is 2.07 bits per heavy atom. The van der Waals surface area contributed by atoms with Crippen LogP contribution in [0.5, 0.6) is 17.2 Å². The molecule has 3 aromatic carbocycles. The number of likely N-dealkylation sites (tertiary alicyclic amines) is 1. The molecule has 15 N–H and O–H groups in total. The van der Waals surface area contributed by atoms with Gasteiger partial charge in [-0.25, -0.2) is 0 Å². The third-order valence-corrected chi connectivity index (χ3v) is 16.7. The number of nitrogens with one attached hydrogen (secondary N) is 6. The number of phenols is 2. The Hall–Kier alpha value is -7.92. The Labute approximate surface area is 514 Å². The molecule has 27 nitrogen and oxygen atoms in total. The molecule has 2 fully saturated rings. The molecule has 0 spiro atoms. The zero-order valence-electron chi connectivity index (χ0n) is 50.6. The number of nitrogens with two attached hydrogens (primary N) is 2. The Kier molecular flexibility index (Phi) is 23.5. The van der Waals surface area contributed by atoms with Crippen molar-refractivity contribution in [1.29, 1.82) is 0 Å². The Bertz CT molecular complexity index is 3150. The average molecular weight is 1240 g/mol. The number of phenolic OH excluding ortho intramolecular Hbond substituents is 2. The molecule has 2 saturated heterocycles. The van der Waals surface area contributed by atoms with E-state index in [-0.39, 0.29) is 97.9 Å². The standard InChI is InChI=1S/C62H83N9O18/c1-31(2)25-41(70-58(82)38(17-11-23-64)67-59(83)39(21-20-34-13-7-6-8-14-34)66-46(75)29-65-57(81)37(16-10-22-63)68-61(85)42-18-12-24-71(42)33(4)73)60(84)69-40-26-47(88-32(3)52(40)76)89-44-28-62(86,45(74)30-72)27-36-49(44)56(80)51-50(54(36)78)53(77)35-15-9-19-43(87-5)48(35)55(51)79/h6-9,13-15,19,31-32,37-42,44,47,52,72,76,78,80,86H,10-12,16-18,20-30,63-64H2,1-5H3,(H,65,81)(H,66,75)(H,67,83)(H,68,85)(H,69,84)(H,70,82)/t32-,37-,38-,39-,40-,41-,42-,44-,47-,52+,62-/m0/s1. The van der Waals surface area contributed by atoms with Crippen LogP contribution in [0.4, 0.5) is 0 Å². The van der Waals surface area contributed by atoms with Crippen LogP contribution < -0.4 is 48.1 Å². The first-order valence-electron chi connectivity index (χ1n) is 30.1. The number of aliphatic hydroxyl groups excluding tert-OH is 2. The number of hydrogen-bond donors (Lipinski definition) is 13. The smallest absolute Gasteiger partial charge is 0.243 e. The second-order valence-electron chi connectivity index (χ2n) is 23.5. The number of benzene rings is 3. The second-order valence-corrected chi connectivity index (χ2v) is 23.5. The van der Waals surface area contributed by atoms with Gasteiger partial charge >= 0.3 is 0 Å². The zero-order chi connectivity index (χ0) is 65.0. The van der Waals surface area contributed by atoms with Crippen molar-refractivity contribution in [3.8, 4) is 17.2 Å². The molecule has 0 radical (unpaired) electrons. The maximum atomic E-state index is 14.5. The van der Waals surface area contributed by atoms with Crippen molar-refractivity contribution in [2.24, 2.45) is 17.4 Å². The number of hydrogen-bond acceptors (Lipinski definition) is 20. The van der Waals surface area contributed by atoms with Crippen molar-refractivity contribution < 1.29 is 87.7 Å². The molecule has 27 heteroatoms. The summed E-state index contributed by atoms with van der Waals surface area (Å²) in [7, 11) is 1.28. The molecular weight excluding hydrogens is 1160 g/mol. The summed E-state index contributed by atoms with van der Waals surface area (Å²) >= 11 is 0. The van der Waals surface area contributed by atoms with Crippen molar-refractivity contribution in [3.63, 3.8) is 0 Å². The Morgan fingerprint density at radius 2 is 1.44 bits per heavy atom. The molecule has 0 saturated carbocycles. The summed E-state index contributed by atoms with van der Waals surface area (Å²) in [6.07, 6.45) is -5.24. The van der Waals surface area contributed by atoms with Crippen molar-refractivity contribution in [3.05, 3.63) is 87.5 Å². The molecule has 7 rings (SSSR count). The largest absolute Gasteiger partial charge is 0.507 e. The van der Waals surface area contributed by atoms with Gasteiger partial charge in [0.1, 0.15) is 65.8 Å². The van der Waals surface area contributed by atoms with E-state index in [2.05, 4.69) is 31.9 Å². The lowest BCUT2D eigenvalue weighted by Crippen LogP contribution is -2.60. The molecule has 4 aliphatic rings. The van der Waals surface area contributed by atoms with Crippen molar-refractivity contribution in [1.82, 2.24) is 36.8 Å². The minimum atomic E-state index is -2.46. The van der Waals surface area contributed by atoms with Gasteiger partial charge < -0.3 is 88.0 Å². The van der Waals surface area contributed by atoms with Crippen LogP contribution in [-0.2, 0) is 60.7 Å². The van der Waals surface area contributed by atoms with Crippen LogP contribution in [0.1, 0.15) is 147 Å². The van der Waals surface area contributed by atoms with Gasteiger partial charge in [0.05, 0.1) is 48.6 Å². The van der Waals surface area contributed by atoms with Gasteiger partial charge in [-0.05, 0) is 95.3 Å². The summed E-state index contributed by atoms with van der Waals surface area (Å²) in [5, 5.41) is 73.3. The summed E-state index contributed by atoms with van der Waals surface area (Å²) in [4.78, 5) is 139. The van der Waals surface area contributed by atoms with Crippen LogP contribution in [0.3, 0.4) is 0 Å². The van der Waals surface area contributed by atoms with E-state index in [9.17, 15) is 73.5 Å². The normalized spacial score (nSPS) is 22.5. The molecule has 11 atom stereocenters. The molecule has 0 aromatic heterocycles. The van der Waals surface area contributed by atoms with E-state index in [0.29, 0.717) is 25.8 Å². The predicted octanol–water partition coefficient (Wildman–Crippen LogP) is -0.618. The quantitative estimate of drug-likeness (QED) is 0.0315. The van der Waals surface area contributed by atoms with Gasteiger partial charge in [0, 0.05) is 49.4 Å². The monoisotopic (exact) mass is 1240 g/mol. The van der Waals surface area contributed by atoms with Gasteiger partial charge in [0.15, 0.2) is 17.9 Å². The third-order valence-electron chi connectivity index (χ3n) is 16.7. The molecular formula is C62H83N9O18. The number of aliphatic hydroxyl groups is 3. The lowest BCUT2D eigenvalue weighted by Gasteiger charge is -2.43.